The number of nitrogens with zero attached hydrogens (tertiary/aromatic N) is 1. The molecular formula is C25H32N2O8S. The van der Waals surface area contributed by atoms with Gasteiger partial charge >= 0.3 is 12.1 Å². The highest BCUT2D eigenvalue weighted by molar-refractivity contribution is 7.17. The van der Waals surface area contributed by atoms with E-state index in [4.69, 9.17) is 23.7 Å². The highest BCUT2D eigenvalue weighted by Gasteiger charge is 2.31. The maximum absolute atomic E-state index is 13.3. The Bertz CT molecular complexity index is 1090. The first kappa shape index (κ1) is 27.1. The normalized spacial score (nSPS) is 12.4. The number of amides is 2. The highest BCUT2D eigenvalue weighted by atomic mass is 32.1. The smallest absolute Gasteiger partial charge is 0.410 e. The van der Waals surface area contributed by atoms with E-state index in [-0.39, 0.29) is 18.7 Å². The van der Waals surface area contributed by atoms with Crippen molar-refractivity contribution in [1.82, 2.24) is 4.90 Å². The van der Waals surface area contributed by atoms with Crippen molar-refractivity contribution in [2.45, 2.75) is 40.7 Å². The number of carbonyl (C=O) groups is 3. The van der Waals surface area contributed by atoms with Gasteiger partial charge < -0.3 is 33.9 Å². The first-order chi connectivity index (χ1) is 17.4. The number of benzene rings is 1. The van der Waals surface area contributed by atoms with Gasteiger partial charge in [-0.2, -0.15) is 0 Å². The Labute approximate surface area is 214 Å². The Balaban J connectivity index is 1.96. The summed E-state index contributed by atoms with van der Waals surface area (Å²) in [5, 5.41) is 3.20. The number of fused-ring (bicyclic) bond motifs is 1. The molecule has 196 valence electrons. The second-order valence-electron chi connectivity index (χ2n) is 7.62. The third-order valence-corrected chi connectivity index (χ3v) is 6.50. The molecule has 1 aliphatic heterocycles. The molecule has 10 nitrogen and oxygen atoms in total. The zero-order chi connectivity index (χ0) is 26.2. The molecule has 2 heterocycles. The maximum atomic E-state index is 13.3. The van der Waals surface area contributed by atoms with E-state index in [0.29, 0.717) is 60.6 Å². The number of esters is 1. The summed E-state index contributed by atoms with van der Waals surface area (Å²) in [6, 6.07) is 3.17. The Hall–Kier alpha value is -3.47. The minimum atomic E-state index is -0.552. The average Bonchev–Trinajstić information content (AvgIpc) is 3.22. The topological polar surface area (TPSA) is 113 Å². The summed E-state index contributed by atoms with van der Waals surface area (Å²) < 4.78 is 27.2. The van der Waals surface area contributed by atoms with Gasteiger partial charge in [0.1, 0.15) is 5.00 Å². The number of ether oxygens (including phenoxy) is 5. The first-order valence-corrected chi connectivity index (χ1v) is 12.7. The van der Waals surface area contributed by atoms with Crippen LogP contribution >= 0.6 is 11.3 Å². The molecule has 0 saturated carbocycles. The van der Waals surface area contributed by atoms with Crippen LogP contribution in [0.1, 0.15) is 58.9 Å². The van der Waals surface area contributed by atoms with Gasteiger partial charge in [0.15, 0.2) is 11.5 Å². The van der Waals surface area contributed by atoms with Crippen LogP contribution in [-0.4, -0.2) is 63.0 Å². The van der Waals surface area contributed by atoms with Gasteiger partial charge in [-0.15, -0.1) is 11.3 Å². The van der Waals surface area contributed by atoms with Crippen LogP contribution in [0, 0.1) is 0 Å². The molecule has 0 unspecified atom stereocenters. The molecule has 0 saturated heterocycles. The minimum absolute atomic E-state index is 0.275. The van der Waals surface area contributed by atoms with E-state index >= 15 is 0 Å². The number of methoxy groups -OCH3 is 1. The van der Waals surface area contributed by atoms with E-state index in [0.717, 1.165) is 10.4 Å². The number of thiophene rings is 1. The van der Waals surface area contributed by atoms with Gasteiger partial charge in [0.25, 0.3) is 5.91 Å². The summed E-state index contributed by atoms with van der Waals surface area (Å²) in [6.07, 6.45) is 0.0276. The molecule has 3 rings (SSSR count). The van der Waals surface area contributed by atoms with Crippen LogP contribution < -0.4 is 19.5 Å². The first-order valence-electron chi connectivity index (χ1n) is 11.9. The molecule has 1 N–H and O–H groups in total. The number of anilines is 1. The zero-order valence-corrected chi connectivity index (χ0v) is 22.0. The predicted molar refractivity (Wildman–Crippen MR) is 135 cm³/mol. The molecule has 2 aromatic rings. The van der Waals surface area contributed by atoms with E-state index in [1.54, 1.807) is 24.0 Å². The van der Waals surface area contributed by atoms with Gasteiger partial charge in [-0.05, 0) is 51.8 Å². The molecule has 0 aliphatic carbocycles. The van der Waals surface area contributed by atoms with Crippen LogP contribution in [0.4, 0.5) is 9.80 Å². The summed E-state index contributed by atoms with van der Waals surface area (Å²) in [7, 11) is 1.29. The molecule has 2 amide bonds. The second-order valence-corrected chi connectivity index (χ2v) is 8.73. The van der Waals surface area contributed by atoms with Crippen molar-refractivity contribution < 1.29 is 38.1 Å². The number of hydrogen-bond acceptors (Lipinski definition) is 9. The van der Waals surface area contributed by atoms with E-state index in [1.165, 1.54) is 18.4 Å². The lowest BCUT2D eigenvalue weighted by Gasteiger charge is -2.26. The van der Waals surface area contributed by atoms with E-state index in [9.17, 15) is 14.4 Å². The molecule has 0 fully saturated rings. The van der Waals surface area contributed by atoms with Gasteiger partial charge in [0.2, 0.25) is 5.75 Å². The van der Waals surface area contributed by atoms with Gasteiger partial charge in [-0.1, -0.05) is 0 Å². The largest absolute Gasteiger partial charge is 0.490 e. The number of rotatable bonds is 10. The van der Waals surface area contributed by atoms with Crippen LogP contribution in [-0.2, 0) is 22.4 Å². The lowest BCUT2D eigenvalue weighted by molar-refractivity contribution is 0.0600. The van der Waals surface area contributed by atoms with Gasteiger partial charge in [0.05, 0.1) is 45.6 Å². The van der Waals surface area contributed by atoms with Gasteiger partial charge in [-0.3, -0.25) is 4.79 Å². The quantitative estimate of drug-likeness (QED) is 0.456. The molecular weight excluding hydrogens is 488 g/mol. The maximum Gasteiger partial charge on any atom is 0.410 e. The van der Waals surface area contributed by atoms with Crippen molar-refractivity contribution >= 4 is 34.3 Å². The van der Waals surface area contributed by atoms with Crippen LogP contribution in [0.2, 0.25) is 0 Å². The molecule has 0 radical (unpaired) electrons. The Morgan fingerprint density at radius 2 is 1.61 bits per heavy atom. The van der Waals surface area contributed by atoms with Crippen molar-refractivity contribution in [3.05, 3.63) is 33.7 Å². The zero-order valence-electron chi connectivity index (χ0n) is 21.2. The SMILES string of the molecule is CCOC(=O)N1CCc2c(sc(NC(=O)c3cc(OCC)c(OCC)c(OCC)c3)c2C(=O)OC)C1. The number of hydrogen-bond donors (Lipinski definition) is 1. The Morgan fingerprint density at radius 3 is 2.17 bits per heavy atom. The third-order valence-electron chi connectivity index (χ3n) is 5.37. The van der Waals surface area contributed by atoms with E-state index < -0.39 is 18.0 Å². The minimum Gasteiger partial charge on any atom is -0.490 e. The van der Waals surface area contributed by atoms with Gasteiger partial charge in [-0.25, -0.2) is 9.59 Å². The predicted octanol–water partition coefficient (Wildman–Crippen LogP) is 4.50. The van der Waals surface area contributed by atoms with Crippen molar-refractivity contribution in [2.24, 2.45) is 0 Å². The highest BCUT2D eigenvalue weighted by Crippen LogP contribution is 2.41. The van der Waals surface area contributed by atoms with Crippen LogP contribution in [0.25, 0.3) is 0 Å². The molecule has 36 heavy (non-hydrogen) atoms. The fourth-order valence-corrected chi connectivity index (χ4v) is 5.12. The molecule has 1 aliphatic rings. The summed E-state index contributed by atoms with van der Waals surface area (Å²) in [4.78, 5) is 40.6. The van der Waals surface area contributed by atoms with E-state index in [2.05, 4.69) is 5.32 Å². The van der Waals surface area contributed by atoms with Crippen LogP contribution in [0.15, 0.2) is 12.1 Å². The average molecular weight is 521 g/mol. The lowest BCUT2D eigenvalue weighted by atomic mass is 10.0. The molecule has 1 aromatic heterocycles. The lowest BCUT2D eigenvalue weighted by Crippen LogP contribution is -2.36. The van der Waals surface area contributed by atoms with Crippen molar-refractivity contribution in [3.63, 3.8) is 0 Å². The Kier molecular flexibility index (Phi) is 9.40. The molecule has 11 heteroatoms. The standard InChI is InChI=1S/C25H32N2O8S/c1-6-32-17-12-15(13-18(33-7-2)21(17)34-8-3)22(28)26-23-20(24(29)31-5)16-10-11-27(14-19(16)36-23)25(30)35-9-4/h12-13H,6-11,14H2,1-5H3,(H,26,28). The third kappa shape index (κ3) is 5.84. The number of carbonyl (C=O) groups excluding carboxylic acids is 3. The summed E-state index contributed by atoms with van der Waals surface area (Å²) in [6.45, 7) is 9.37. The molecule has 1 aromatic carbocycles. The van der Waals surface area contributed by atoms with Crippen LogP contribution in [0.3, 0.4) is 0 Å². The van der Waals surface area contributed by atoms with Crippen molar-refractivity contribution in [2.75, 3.05) is 45.4 Å². The summed E-state index contributed by atoms with van der Waals surface area (Å²) in [5.41, 5.74) is 1.34. The van der Waals surface area contributed by atoms with Crippen molar-refractivity contribution in [1.29, 1.82) is 0 Å². The fraction of sp³-hybridized carbons (Fsp3) is 0.480. The molecule has 0 atom stereocenters. The Morgan fingerprint density at radius 1 is 0.972 bits per heavy atom. The monoisotopic (exact) mass is 520 g/mol. The number of nitrogens with one attached hydrogen (secondary N) is 1. The van der Waals surface area contributed by atoms with Crippen molar-refractivity contribution in [3.8, 4) is 17.2 Å². The van der Waals surface area contributed by atoms with Crippen LogP contribution in [0.5, 0.6) is 17.2 Å². The summed E-state index contributed by atoms with van der Waals surface area (Å²) >= 11 is 1.24. The van der Waals surface area contributed by atoms with E-state index in [1.807, 2.05) is 20.8 Å². The molecule has 0 bridgehead atoms. The summed E-state index contributed by atoms with van der Waals surface area (Å²) in [5.74, 6) is 0.201. The molecule has 0 spiro atoms. The fourth-order valence-electron chi connectivity index (χ4n) is 3.88. The van der Waals surface area contributed by atoms with Gasteiger partial charge in [0, 0.05) is 17.0 Å². The second kappa shape index (κ2) is 12.5.